The van der Waals surface area contributed by atoms with E-state index in [0.717, 1.165) is 29.9 Å². The van der Waals surface area contributed by atoms with E-state index < -0.39 is 0 Å². The SMILES string of the molecule is CCCCCCOc1ccc(C=Cc2ccc(C#N)cc2)cc1. The van der Waals surface area contributed by atoms with Gasteiger partial charge < -0.3 is 4.74 Å². The predicted molar refractivity (Wildman–Crippen MR) is 96.2 cm³/mol. The zero-order valence-corrected chi connectivity index (χ0v) is 13.7. The summed E-state index contributed by atoms with van der Waals surface area (Å²) >= 11 is 0. The molecule has 0 aliphatic rings. The molecule has 2 aromatic carbocycles. The summed E-state index contributed by atoms with van der Waals surface area (Å²) in [5, 5.41) is 8.79. The Kier molecular flexibility index (Phi) is 6.94. The second-order valence-electron chi connectivity index (χ2n) is 5.55. The van der Waals surface area contributed by atoms with Gasteiger partial charge in [-0.15, -0.1) is 0 Å². The van der Waals surface area contributed by atoms with Gasteiger partial charge in [-0.2, -0.15) is 5.26 Å². The standard InChI is InChI=1S/C21H23NO/c1-2-3-4-5-16-23-21-14-12-19(13-15-21)7-6-18-8-10-20(17-22)11-9-18/h6-15H,2-5,16H2,1H3. The summed E-state index contributed by atoms with van der Waals surface area (Å²) in [4.78, 5) is 0. The summed E-state index contributed by atoms with van der Waals surface area (Å²) in [5.74, 6) is 0.928. The van der Waals surface area contributed by atoms with Crippen molar-refractivity contribution in [1.82, 2.24) is 0 Å². The molecule has 0 heterocycles. The Morgan fingerprint density at radius 2 is 1.48 bits per heavy atom. The van der Waals surface area contributed by atoms with Gasteiger partial charge in [0.15, 0.2) is 0 Å². The lowest BCUT2D eigenvalue weighted by molar-refractivity contribution is 0.305. The molecule has 0 aromatic heterocycles. The van der Waals surface area contributed by atoms with Gasteiger partial charge in [0.1, 0.15) is 5.75 Å². The van der Waals surface area contributed by atoms with Gasteiger partial charge in [-0.1, -0.05) is 62.6 Å². The fourth-order valence-corrected chi connectivity index (χ4v) is 2.26. The summed E-state index contributed by atoms with van der Waals surface area (Å²) in [6, 6.07) is 17.8. The van der Waals surface area contributed by atoms with Crippen molar-refractivity contribution in [3.63, 3.8) is 0 Å². The first-order valence-electron chi connectivity index (χ1n) is 8.23. The lowest BCUT2D eigenvalue weighted by Gasteiger charge is -2.06. The highest BCUT2D eigenvalue weighted by Crippen LogP contribution is 2.15. The molecule has 0 aliphatic carbocycles. The molecule has 0 fully saturated rings. The molecular weight excluding hydrogens is 282 g/mol. The Hall–Kier alpha value is -2.53. The van der Waals surface area contributed by atoms with Crippen LogP contribution in [0.25, 0.3) is 12.2 Å². The van der Waals surface area contributed by atoms with Gasteiger partial charge in [-0.05, 0) is 41.8 Å². The van der Waals surface area contributed by atoms with Crippen LogP contribution in [0.1, 0.15) is 49.3 Å². The molecule has 23 heavy (non-hydrogen) atoms. The van der Waals surface area contributed by atoms with Gasteiger partial charge in [0, 0.05) is 0 Å². The van der Waals surface area contributed by atoms with Gasteiger partial charge in [0.2, 0.25) is 0 Å². The number of nitrogens with zero attached hydrogens (tertiary/aromatic N) is 1. The molecule has 0 saturated heterocycles. The van der Waals surface area contributed by atoms with Crippen LogP contribution in [0.5, 0.6) is 5.75 Å². The fourth-order valence-electron chi connectivity index (χ4n) is 2.26. The average molecular weight is 305 g/mol. The van der Waals surface area contributed by atoms with Crippen LogP contribution < -0.4 is 4.74 Å². The van der Waals surface area contributed by atoms with Gasteiger partial charge in [0.25, 0.3) is 0 Å². The molecule has 2 rings (SSSR count). The minimum atomic E-state index is 0.683. The lowest BCUT2D eigenvalue weighted by Crippen LogP contribution is -1.96. The first-order valence-corrected chi connectivity index (χ1v) is 8.23. The highest BCUT2D eigenvalue weighted by molar-refractivity contribution is 5.70. The Morgan fingerprint density at radius 3 is 2.04 bits per heavy atom. The van der Waals surface area contributed by atoms with Crippen LogP contribution in [0.2, 0.25) is 0 Å². The van der Waals surface area contributed by atoms with E-state index in [9.17, 15) is 0 Å². The molecule has 2 nitrogen and oxygen atoms in total. The molecule has 2 aromatic rings. The highest BCUT2D eigenvalue weighted by atomic mass is 16.5. The van der Waals surface area contributed by atoms with Crippen molar-refractivity contribution in [2.45, 2.75) is 32.6 Å². The fraction of sp³-hybridized carbons (Fsp3) is 0.286. The molecule has 118 valence electrons. The summed E-state index contributed by atoms with van der Waals surface area (Å²) in [5.41, 5.74) is 2.90. The number of hydrogen-bond donors (Lipinski definition) is 0. The van der Waals surface area contributed by atoms with Gasteiger partial charge in [-0.25, -0.2) is 0 Å². The summed E-state index contributed by atoms with van der Waals surface area (Å²) < 4.78 is 5.74. The number of benzene rings is 2. The number of ether oxygens (including phenoxy) is 1. The first-order chi connectivity index (χ1) is 11.3. The molecule has 0 radical (unpaired) electrons. The third-order valence-electron chi connectivity index (χ3n) is 3.65. The van der Waals surface area contributed by atoms with Gasteiger partial charge >= 0.3 is 0 Å². The summed E-state index contributed by atoms with van der Waals surface area (Å²) in [7, 11) is 0. The molecule has 0 spiro atoms. The van der Waals surface area contributed by atoms with Crippen molar-refractivity contribution in [3.8, 4) is 11.8 Å². The topological polar surface area (TPSA) is 33.0 Å². The molecule has 0 amide bonds. The number of unbranched alkanes of at least 4 members (excludes halogenated alkanes) is 3. The van der Waals surface area contributed by atoms with Crippen molar-refractivity contribution < 1.29 is 4.74 Å². The Labute approximate surface area is 139 Å². The molecule has 0 atom stereocenters. The maximum atomic E-state index is 8.79. The molecule has 2 heteroatoms. The minimum Gasteiger partial charge on any atom is -0.494 e. The number of hydrogen-bond acceptors (Lipinski definition) is 2. The third-order valence-corrected chi connectivity index (χ3v) is 3.65. The monoisotopic (exact) mass is 305 g/mol. The van der Waals surface area contributed by atoms with Crippen molar-refractivity contribution in [3.05, 3.63) is 65.2 Å². The Bertz CT molecular complexity index is 648. The van der Waals surface area contributed by atoms with E-state index >= 15 is 0 Å². The van der Waals surface area contributed by atoms with Gasteiger partial charge in [-0.3, -0.25) is 0 Å². The van der Waals surface area contributed by atoms with Gasteiger partial charge in [0.05, 0.1) is 18.2 Å². The largest absolute Gasteiger partial charge is 0.494 e. The van der Waals surface area contributed by atoms with Crippen LogP contribution in [0.4, 0.5) is 0 Å². The lowest BCUT2D eigenvalue weighted by atomic mass is 10.1. The van der Waals surface area contributed by atoms with E-state index in [0.29, 0.717) is 5.56 Å². The van der Waals surface area contributed by atoms with Crippen LogP contribution in [0, 0.1) is 11.3 Å². The molecule has 0 saturated carbocycles. The second kappa shape index (κ2) is 9.48. The van der Waals surface area contributed by atoms with Crippen molar-refractivity contribution in [2.24, 2.45) is 0 Å². The maximum absolute atomic E-state index is 8.79. The van der Waals surface area contributed by atoms with Crippen molar-refractivity contribution in [1.29, 1.82) is 5.26 Å². The van der Waals surface area contributed by atoms with E-state index in [2.05, 4.69) is 31.2 Å². The molecular formula is C21H23NO. The first kappa shape index (κ1) is 16.8. The van der Waals surface area contributed by atoms with Crippen LogP contribution >= 0.6 is 0 Å². The molecule has 0 bridgehead atoms. The Morgan fingerprint density at radius 1 is 0.870 bits per heavy atom. The predicted octanol–water partition coefficient (Wildman–Crippen LogP) is 5.69. The zero-order chi connectivity index (χ0) is 16.3. The molecule has 0 unspecified atom stereocenters. The van der Waals surface area contributed by atoms with E-state index in [1.54, 1.807) is 0 Å². The van der Waals surface area contributed by atoms with Crippen LogP contribution in [-0.4, -0.2) is 6.61 Å². The maximum Gasteiger partial charge on any atom is 0.119 e. The summed E-state index contributed by atoms with van der Waals surface area (Å²) in [6.45, 7) is 3.01. The van der Waals surface area contributed by atoms with E-state index in [1.165, 1.54) is 19.3 Å². The van der Waals surface area contributed by atoms with E-state index in [1.807, 2.05) is 42.5 Å². The van der Waals surface area contributed by atoms with E-state index in [4.69, 9.17) is 10.00 Å². The summed E-state index contributed by atoms with van der Waals surface area (Å²) in [6.07, 6.45) is 8.99. The Balaban J connectivity index is 1.84. The third kappa shape index (κ3) is 6.00. The zero-order valence-electron chi connectivity index (χ0n) is 13.7. The van der Waals surface area contributed by atoms with E-state index in [-0.39, 0.29) is 0 Å². The number of rotatable bonds is 8. The van der Waals surface area contributed by atoms with Crippen LogP contribution in [0.3, 0.4) is 0 Å². The van der Waals surface area contributed by atoms with Crippen LogP contribution in [0.15, 0.2) is 48.5 Å². The molecule has 0 aliphatic heterocycles. The number of nitriles is 1. The van der Waals surface area contributed by atoms with Crippen molar-refractivity contribution in [2.75, 3.05) is 6.61 Å². The quantitative estimate of drug-likeness (QED) is 0.464. The average Bonchev–Trinajstić information content (AvgIpc) is 2.61. The second-order valence-corrected chi connectivity index (χ2v) is 5.55. The highest BCUT2D eigenvalue weighted by Gasteiger charge is 1.95. The minimum absolute atomic E-state index is 0.683. The smallest absolute Gasteiger partial charge is 0.119 e. The van der Waals surface area contributed by atoms with Crippen molar-refractivity contribution >= 4 is 12.2 Å². The van der Waals surface area contributed by atoms with Crippen LogP contribution in [-0.2, 0) is 0 Å². The normalized spacial score (nSPS) is 10.6. The molecule has 0 N–H and O–H groups in total.